The number of anilines is 2. The molecule has 7 N–H and O–H groups in total. The van der Waals surface area contributed by atoms with Crippen LogP contribution in [0.1, 0.15) is 42.4 Å². The van der Waals surface area contributed by atoms with E-state index in [0.717, 1.165) is 38.7 Å². The molecule has 0 bridgehead atoms. The Balaban J connectivity index is 0.000000425. The standard InChI is InChI=1S/C35H32FN5O.2C2HF3O2/c1-3-21-16-28(33(36)31(17-21)42-4-2)32(29-19-23-18-24(37)14-15-26(23)34(38)40-29)35-39-20-30(41-35)27-13-9-8-12-25(27)22-10-6-5-7-11-22;2*3-2(4,5)1(6)7/h5-20,32H,3-4,37H2,1-2H3,(H2,38,40)(H,39,41);2*(H,6,7). The minimum Gasteiger partial charge on any atom is -0.491 e. The van der Waals surface area contributed by atoms with Gasteiger partial charge in [-0.05, 0) is 65.8 Å². The number of carboxylic acid groups (broad SMARTS) is 2. The Hall–Kier alpha value is -6.65. The van der Waals surface area contributed by atoms with Crippen LogP contribution in [0.2, 0.25) is 0 Å². The first-order chi connectivity index (χ1) is 26.3. The van der Waals surface area contributed by atoms with Crippen LogP contribution in [0.4, 0.5) is 42.2 Å². The maximum absolute atomic E-state index is 16.2. The van der Waals surface area contributed by atoms with E-state index in [9.17, 15) is 26.3 Å². The molecule has 0 aliphatic carbocycles. The van der Waals surface area contributed by atoms with Gasteiger partial charge < -0.3 is 31.4 Å². The van der Waals surface area contributed by atoms with Crippen molar-refractivity contribution in [3.05, 3.63) is 126 Å². The number of nitrogens with one attached hydrogen (secondary N) is 1. The molecule has 0 aliphatic heterocycles. The predicted molar refractivity (Wildman–Crippen MR) is 195 cm³/mol. The molecular weight excluding hydrogens is 751 g/mol. The number of benzene rings is 4. The van der Waals surface area contributed by atoms with Crippen LogP contribution in [-0.4, -0.2) is 56.1 Å². The van der Waals surface area contributed by atoms with Crippen molar-refractivity contribution in [3.8, 4) is 28.1 Å². The van der Waals surface area contributed by atoms with Crippen molar-refractivity contribution in [1.82, 2.24) is 15.0 Å². The molecule has 0 saturated carbocycles. The summed E-state index contributed by atoms with van der Waals surface area (Å²) in [5.41, 5.74) is 19.0. The van der Waals surface area contributed by atoms with E-state index in [1.165, 1.54) is 0 Å². The maximum Gasteiger partial charge on any atom is 0.490 e. The van der Waals surface area contributed by atoms with Gasteiger partial charge in [-0.3, -0.25) is 0 Å². The molecule has 0 radical (unpaired) electrons. The van der Waals surface area contributed by atoms with Gasteiger partial charge in [0, 0.05) is 22.2 Å². The lowest BCUT2D eigenvalue weighted by Gasteiger charge is -2.20. The number of pyridine rings is 1. The van der Waals surface area contributed by atoms with Gasteiger partial charge in [0.25, 0.3) is 0 Å². The summed E-state index contributed by atoms with van der Waals surface area (Å²) in [4.78, 5) is 30.9. The number of aromatic amines is 1. The van der Waals surface area contributed by atoms with Gasteiger partial charge >= 0.3 is 24.3 Å². The van der Waals surface area contributed by atoms with Crippen molar-refractivity contribution in [2.75, 3.05) is 18.1 Å². The van der Waals surface area contributed by atoms with Crippen LogP contribution in [0, 0.1) is 5.82 Å². The van der Waals surface area contributed by atoms with E-state index < -0.39 is 36.0 Å². The summed E-state index contributed by atoms with van der Waals surface area (Å²) in [6.07, 6.45) is -7.67. The number of aliphatic carboxylic acids is 2. The highest BCUT2D eigenvalue weighted by molar-refractivity contribution is 5.93. The number of rotatable bonds is 8. The van der Waals surface area contributed by atoms with E-state index in [2.05, 4.69) is 29.2 Å². The van der Waals surface area contributed by atoms with Gasteiger partial charge in [-0.25, -0.2) is 23.9 Å². The maximum atomic E-state index is 16.2. The molecule has 0 spiro atoms. The Morgan fingerprint density at radius 2 is 1.41 bits per heavy atom. The number of nitrogens with two attached hydrogens (primary N) is 2. The SMILES string of the molecule is CCOc1cc(CC)cc(C(c2cc3cc(N)ccc3c(N)n2)c2ncc(-c3ccccc3-c3ccccc3)[nH]2)c1F.O=C(O)C(F)(F)F.O=C(O)C(F)(F)F. The van der Waals surface area contributed by atoms with Crippen LogP contribution in [0.25, 0.3) is 33.2 Å². The number of carbonyl (C=O) groups is 2. The van der Waals surface area contributed by atoms with E-state index in [1.807, 2.05) is 68.4 Å². The second-order valence-electron chi connectivity index (χ2n) is 11.8. The number of carboxylic acids is 2. The lowest BCUT2D eigenvalue weighted by Crippen LogP contribution is -2.21. The summed E-state index contributed by atoms with van der Waals surface area (Å²) in [6, 6.07) is 29.3. The second-order valence-corrected chi connectivity index (χ2v) is 11.8. The number of H-pyrrole nitrogens is 1. The lowest BCUT2D eigenvalue weighted by atomic mass is 9.90. The van der Waals surface area contributed by atoms with Crippen LogP contribution < -0.4 is 16.2 Å². The van der Waals surface area contributed by atoms with Crippen molar-refractivity contribution >= 4 is 34.2 Å². The molecule has 0 saturated heterocycles. The number of aromatic nitrogens is 3. The zero-order valence-electron chi connectivity index (χ0n) is 29.5. The largest absolute Gasteiger partial charge is 0.491 e. The molecule has 10 nitrogen and oxygen atoms in total. The van der Waals surface area contributed by atoms with Gasteiger partial charge in [-0.1, -0.05) is 67.6 Å². The summed E-state index contributed by atoms with van der Waals surface area (Å²) < 4.78 is 85.4. The molecule has 17 heteroatoms. The number of imidazole rings is 1. The first-order valence-corrected chi connectivity index (χ1v) is 16.6. The van der Waals surface area contributed by atoms with E-state index in [1.54, 1.807) is 18.3 Å². The zero-order valence-corrected chi connectivity index (χ0v) is 29.5. The third-order valence-corrected chi connectivity index (χ3v) is 8.00. The van der Waals surface area contributed by atoms with Crippen LogP contribution in [0.5, 0.6) is 5.75 Å². The number of nitrogens with zero attached hydrogens (tertiary/aromatic N) is 2. The molecule has 0 aliphatic rings. The Morgan fingerprint density at radius 1 is 0.821 bits per heavy atom. The van der Waals surface area contributed by atoms with Crippen molar-refractivity contribution < 1.29 is 55.3 Å². The Bertz CT molecular complexity index is 2290. The second kappa shape index (κ2) is 17.7. The molecule has 56 heavy (non-hydrogen) atoms. The van der Waals surface area contributed by atoms with Crippen LogP contribution >= 0.6 is 0 Å². The average molecular weight is 786 g/mol. The normalized spacial score (nSPS) is 11.8. The number of hydrogen-bond donors (Lipinski definition) is 5. The van der Waals surface area contributed by atoms with Gasteiger partial charge in [0.1, 0.15) is 11.6 Å². The van der Waals surface area contributed by atoms with Crippen molar-refractivity contribution in [3.63, 3.8) is 0 Å². The van der Waals surface area contributed by atoms with Gasteiger partial charge in [0.15, 0.2) is 11.6 Å². The number of fused-ring (bicyclic) bond motifs is 1. The van der Waals surface area contributed by atoms with E-state index in [-0.39, 0.29) is 5.75 Å². The fourth-order valence-electron chi connectivity index (χ4n) is 5.48. The summed E-state index contributed by atoms with van der Waals surface area (Å²) in [5.74, 6) is -5.57. The smallest absolute Gasteiger partial charge is 0.490 e. The highest BCUT2D eigenvalue weighted by atomic mass is 19.4. The number of aryl methyl sites for hydroxylation is 1. The summed E-state index contributed by atoms with van der Waals surface area (Å²) in [7, 11) is 0. The fourth-order valence-corrected chi connectivity index (χ4v) is 5.48. The monoisotopic (exact) mass is 785 g/mol. The number of hydrogen-bond acceptors (Lipinski definition) is 7. The molecule has 294 valence electrons. The number of halogens is 7. The average Bonchev–Trinajstić information content (AvgIpc) is 3.63. The number of ether oxygens (including phenoxy) is 1. The molecule has 1 atom stereocenters. The lowest BCUT2D eigenvalue weighted by molar-refractivity contribution is -0.193. The van der Waals surface area contributed by atoms with Gasteiger partial charge in [0.05, 0.1) is 30.1 Å². The van der Waals surface area contributed by atoms with Crippen LogP contribution in [0.15, 0.2) is 97.2 Å². The summed E-state index contributed by atoms with van der Waals surface area (Å²) in [6.45, 7) is 4.21. The number of nitrogen functional groups attached to an aromatic ring is 2. The Kier molecular flexibility index (Phi) is 13.3. The molecular formula is C39H34F7N5O5. The highest BCUT2D eigenvalue weighted by Crippen LogP contribution is 2.39. The quantitative estimate of drug-likeness (QED) is 0.0744. The molecule has 2 aromatic heterocycles. The Labute approximate surface area is 314 Å². The molecule has 4 aromatic carbocycles. The van der Waals surface area contributed by atoms with Crippen LogP contribution in [-0.2, 0) is 16.0 Å². The summed E-state index contributed by atoms with van der Waals surface area (Å²) >= 11 is 0. The van der Waals surface area contributed by atoms with Gasteiger partial charge in [0.2, 0.25) is 0 Å². The predicted octanol–water partition coefficient (Wildman–Crippen LogP) is 9.00. The van der Waals surface area contributed by atoms with Crippen molar-refractivity contribution in [1.29, 1.82) is 0 Å². The topological polar surface area (TPSA) is 177 Å². The minimum absolute atomic E-state index is 0.205. The first kappa shape index (κ1) is 42.1. The zero-order chi connectivity index (χ0) is 41.4. The fraction of sp³-hybridized carbons (Fsp3) is 0.179. The molecule has 0 amide bonds. The molecule has 1 unspecified atom stereocenters. The van der Waals surface area contributed by atoms with Crippen molar-refractivity contribution in [2.45, 2.75) is 38.5 Å². The Morgan fingerprint density at radius 3 is 1.98 bits per heavy atom. The van der Waals surface area contributed by atoms with E-state index in [0.29, 0.717) is 41.6 Å². The van der Waals surface area contributed by atoms with Crippen LogP contribution in [0.3, 0.4) is 0 Å². The van der Waals surface area contributed by atoms with Crippen molar-refractivity contribution in [2.24, 2.45) is 0 Å². The van der Waals surface area contributed by atoms with Gasteiger partial charge in [-0.2, -0.15) is 26.3 Å². The first-order valence-electron chi connectivity index (χ1n) is 16.6. The summed E-state index contributed by atoms with van der Waals surface area (Å²) in [5, 5.41) is 15.8. The minimum atomic E-state index is -5.08. The number of alkyl halides is 6. The van der Waals surface area contributed by atoms with Gasteiger partial charge in [-0.15, -0.1) is 0 Å². The van der Waals surface area contributed by atoms with E-state index >= 15 is 4.39 Å². The molecule has 6 rings (SSSR count). The third-order valence-electron chi connectivity index (χ3n) is 8.00. The molecule has 2 heterocycles. The highest BCUT2D eigenvalue weighted by Gasteiger charge is 2.39. The molecule has 0 fully saturated rings. The molecule has 6 aromatic rings. The van der Waals surface area contributed by atoms with E-state index in [4.69, 9.17) is 46.0 Å². The third kappa shape index (κ3) is 10.3.